The fraction of sp³-hybridized carbons (Fsp3) is 0.208. The van der Waals surface area contributed by atoms with Crippen molar-refractivity contribution in [2.45, 2.75) is 33.5 Å². The zero-order valence-corrected chi connectivity index (χ0v) is 20.0. The first-order chi connectivity index (χ1) is 17.7. The van der Waals surface area contributed by atoms with Crippen molar-refractivity contribution >= 4 is 22.5 Å². The summed E-state index contributed by atoms with van der Waals surface area (Å²) in [4.78, 5) is 9.07. The fourth-order valence-electron chi connectivity index (χ4n) is 3.82. The lowest BCUT2D eigenvalue weighted by molar-refractivity contribution is -0.0530. The summed E-state index contributed by atoms with van der Waals surface area (Å²) < 4.78 is 32.8. The molecule has 37 heavy (non-hydrogen) atoms. The van der Waals surface area contributed by atoms with Crippen LogP contribution in [0.3, 0.4) is 0 Å². The van der Waals surface area contributed by atoms with Crippen LogP contribution in [-0.2, 0) is 0 Å². The van der Waals surface area contributed by atoms with E-state index in [0.717, 1.165) is 5.69 Å². The van der Waals surface area contributed by atoms with Gasteiger partial charge in [0.25, 0.3) is 0 Å². The molecule has 0 saturated carbocycles. The Morgan fingerprint density at radius 3 is 2.57 bits per heavy atom. The van der Waals surface area contributed by atoms with Gasteiger partial charge in [-0.25, -0.2) is 14.6 Å². The number of halogens is 2. The second-order valence-corrected chi connectivity index (χ2v) is 8.33. The number of fused-ring (bicyclic) bond motifs is 1. The SMILES string of the molecule is Cc1ccc(Nc2cc3ncn(-c4ccc(C(C)O)c(-n5nc(OC(F)F)cc5C)n4)c3cc2O)nn1. The van der Waals surface area contributed by atoms with Crippen LogP contribution in [0, 0.1) is 13.8 Å². The van der Waals surface area contributed by atoms with Crippen molar-refractivity contribution in [2.75, 3.05) is 5.32 Å². The van der Waals surface area contributed by atoms with Gasteiger partial charge in [0.15, 0.2) is 11.6 Å². The number of aliphatic hydroxyl groups is 1. The van der Waals surface area contributed by atoms with Crippen molar-refractivity contribution in [2.24, 2.45) is 0 Å². The molecule has 11 nitrogen and oxygen atoms in total. The number of pyridine rings is 1. The zero-order valence-electron chi connectivity index (χ0n) is 20.0. The van der Waals surface area contributed by atoms with Crippen LogP contribution in [0.5, 0.6) is 11.6 Å². The summed E-state index contributed by atoms with van der Waals surface area (Å²) in [6.45, 7) is 2.01. The molecule has 0 fully saturated rings. The summed E-state index contributed by atoms with van der Waals surface area (Å²) in [5.41, 5.74) is 3.18. The molecule has 0 spiro atoms. The topological polar surface area (TPSA) is 136 Å². The highest BCUT2D eigenvalue weighted by Gasteiger charge is 2.19. The Labute approximate surface area is 209 Å². The molecule has 3 N–H and O–H groups in total. The molecule has 13 heteroatoms. The zero-order chi connectivity index (χ0) is 26.3. The lowest BCUT2D eigenvalue weighted by atomic mass is 10.1. The third kappa shape index (κ3) is 4.76. The second kappa shape index (κ2) is 9.43. The fourth-order valence-corrected chi connectivity index (χ4v) is 3.82. The van der Waals surface area contributed by atoms with Crippen molar-refractivity contribution < 1.29 is 23.7 Å². The van der Waals surface area contributed by atoms with Crippen molar-refractivity contribution in [3.05, 3.63) is 65.7 Å². The molecule has 4 heterocycles. The number of benzene rings is 1. The monoisotopic (exact) mass is 508 g/mol. The maximum absolute atomic E-state index is 12.7. The Bertz CT molecular complexity index is 1580. The highest BCUT2D eigenvalue weighted by molar-refractivity contribution is 5.85. The van der Waals surface area contributed by atoms with E-state index in [9.17, 15) is 19.0 Å². The van der Waals surface area contributed by atoms with Gasteiger partial charge < -0.3 is 20.3 Å². The summed E-state index contributed by atoms with van der Waals surface area (Å²) in [6, 6.07) is 11.4. The number of anilines is 2. The Kier molecular flexibility index (Phi) is 6.13. The molecule has 190 valence electrons. The number of aliphatic hydroxyl groups excluding tert-OH is 1. The first-order valence-corrected chi connectivity index (χ1v) is 11.2. The smallest absolute Gasteiger partial charge is 0.388 e. The van der Waals surface area contributed by atoms with Gasteiger partial charge in [0, 0.05) is 23.4 Å². The number of nitrogens with zero attached hydrogens (tertiary/aromatic N) is 7. The molecule has 1 unspecified atom stereocenters. The molecular formula is C24H22F2N8O3. The average Bonchev–Trinajstić information content (AvgIpc) is 3.42. The number of nitrogens with one attached hydrogen (secondary N) is 1. The van der Waals surface area contributed by atoms with Gasteiger partial charge in [0.05, 0.1) is 28.5 Å². The number of alkyl halides is 2. The van der Waals surface area contributed by atoms with Crippen LogP contribution in [0.4, 0.5) is 20.3 Å². The number of phenols is 1. The standard InChI is InChI=1S/C24H22F2N8O3/c1-12-4-6-20(31-30-12)28-17-9-16-18(10-19(17)36)33(11-27-16)21-7-5-15(14(3)35)23(29-21)34-13(2)8-22(32-34)37-24(25)26/h4-11,14,24,35-36H,1-3H3,(H,28,31). The van der Waals surface area contributed by atoms with E-state index in [4.69, 9.17) is 0 Å². The average molecular weight is 508 g/mol. The van der Waals surface area contributed by atoms with E-state index in [1.165, 1.54) is 23.1 Å². The lowest BCUT2D eigenvalue weighted by Gasteiger charge is -2.15. The van der Waals surface area contributed by atoms with Crippen LogP contribution < -0.4 is 10.1 Å². The summed E-state index contributed by atoms with van der Waals surface area (Å²) in [5.74, 6) is 0.778. The Morgan fingerprint density at radius 1 is 1.05 bits per heavy atom. The molecule has 0 aliphatic heterocycles. The second-order valence-electron chi connectivity index (χ2n) is 8.33. The van der Waals surface area contributed by atoms with Gasteiger partial charge in [-0.3, -0.25) is 4.57 Å². The van der Waals surface area contributed by atoms with Crippen LogP contribution in [0.15, 0.2) is 48.8 Å². The van der Waals surface area contributed by atoms with Crippen molar-refractivity contribution in [1.29, 1.82) is 0 Å². The van der Waals surface area contributed by atoms with Crippen LogP contribution in [0.2, 0.25) is 0 Å². The first-order valence-electron chi connectivity index (χ1n) is 11.2. The molecule has 0 aliphatic carbocycles. The number of hydrogen-bond acceptors (Lipinski definition) is 9. The molecule has 1 atom stereocenters. The largest absolute Gasteiger partial charge is 0.506 e. The minimum atomic E-state index is -3.03. The van der Waals surface area contributed by atoms with Crippen LogP contribution in [0.1, 0.15) is 30.0 Å². The Hall–Kier alpha value is -4.65. The molecule has 0 bridgehead atoms. The van der Waals surface area contributed by atoms with Gasteiger partial charge in [0.2, 0.25) is 5.88 Å². The maximum Gasteiger partial charge on any atom is 0.388 e. The third-order valence-corrected chi connectivity index (χ3v) is 5.59. The predicted molar refractivity (Wildman–Crippen MR) is 130 cm³/mol. The highest BCUT2D eigenvalue weighted by atomic mass is 19.3. The van der Waals surface area contributed by atoms with E-state index in [-0.39, 0.29) is 17.4 Å². The van der Waals surface area contributed by atoms with Crippen LogP contribution in [0.25, 0.3) is 22.7 Å². The normalized spacial score (nSPS) is 12.3. The summed E-state index contributed by atoms with van der Waals surface area (Å²) in [5, 5.41) is 36.1. The Balaban J connectivity index is 1.56. The van der Waals surface area contributed by atoms with E-state index >= 15 is 0 Å². The number of phenolic OH excluding ortho intramolecular Hbond substituents is 1. The van der Waals surface area contributed by atoms with Gasteiger partial charge in [-0.05, 0) is 51.1 Å². The number of rotatable bonds is 7. The molecule has 1 aromatic carbocycles. The molecule has 0 amide bonds. The van der Waals surface area contributed by atoms with Crippen LogP contribution >= 0.6 is 0 Å². The van der Waals surface area contributed by atoms with E-state index in [2.05, 4.69) is 35.3 Å². The summed E-state index contributed by atoms with van der Waals surface area (Å²) in [7, 11) is 0. The van der Waals surface area contributed by atoms with E-state index < -0.39 is 12.7 Å². The van der Waals surface area contributed by atoms with Gasteiger partial charge >= 0.3 is 6.61 Å². The molecule has 4 aromatic heterocycles. The quantitative estimate of drug-likeness (QED) is 0.277. The Morgan fingerprint density at radius 2 is 1.86 bits per heavy atom. The summed E-state index contributed by atoms with van der Waals surface area (Å²) >= 11 is 0. The van der Waals surface area contributed by atoms with E-state index in [1.807, 2.05) is 6.92 Å². The number of hydrogen-bond donors (Lipinski definition) is 3. The molecule has 0 aliphatic rings. The molecule has 0 radical (unpaired) electrons. The minimum absolute atomic E-state index is 0.0471. The molecule has 5 aromatic rings. The number of ether oxygens (including phenoxy) is 1. The number of aromatic nitrogens is 7. The third-order valence-electron chi connectivity index (χ3n) is 5.59. The predicted octanol–water partition coefficient (Wildman–Crippen LogP) is 4.12. The highest BCUT2D eigenvalue weighted by Crippen LogP contribution is 2.32. The number of aromatic hydroxyl groups is 1. The van der Waals surface area contributed by atoms with E-state index in [1.54, 1.807) is 48.7 Å². The van der Waals surface area contributed by atoms with Gasteiger partial charge in [-0.2, -0.15) is 13.9 Å². The lowest BCUT2D eigenvalue weighted by Crippen LogP contribution is -2.11. The molecular weight excluding hydrogens is 486 g/mol. The summed E-state index contributed by atoms with van der Waals surface area (Å²) in [6.07, 6.45) is 0.622. The number of aryl methyl sites for hydroxylation is 2. The molecule has 5 rings (SSSR count). The molecule has 0 saturated heterocycles. The van der Waals surface area contributed by atoms with Crippen molar-refractivity contribution in [3.8, 4) is 23.3 Å². The number of imidazole rings is 1. The van der Waals surface area contributed by atoms with E-state index in [0.29, 0.717) is 39.6 Å². The van der Waals surface area contributed by atoms with Crippen molar-refractivity contribution in [1.82, 2.24) is 34.5 Å². The van der Waals surface area contributed by atoms with Crippen molar-refractivity contribution in [3.63, 3.8) is 0 Å². The van der Waals surface area contributed by atoms with Gasteiger partial charge in [-0.15, -0.1) is 10.2 Å². The maximum atomic E-state index is 12.7. The first kappa shape index (κ1) is 24.1. The van der Waals surface area contributed by atoms with Crippen LogP contribution in [-0.4, -0.2) is 51.3 Å². The van der Waals surface area contributed by atoms with Gasteiger partial charge in [0.1, 0.15) is 17.9 Å². The van der Waals surface area contributed by atoms with Gasteiger partial charge in [-0.1, -0.05) is 0 Å². The minimum Gasteiger partial charge on any atom is -0.506 e.